The molecule has 0 amide bonds. The molecule has 3 aliphatic rings. The average Bonchev–Trinajstić information content (AvgIpc) is 2.76. The van der Waals surface area contributed by atoms with Crippen LogP contribution in [-0.4, -0.2) is 0 Å². The van der Waals surface area contributed by atoms with Gasteiger partial charge in [-0.15, -0.1) is 0 Å². The molecule has 1 aromatic rings. The maximum Gasteiger partial charge on any atom is 1.00 e. The first-order chi connectivity index (χ1) is 14.6. The summed E-state index contributed by atoms with van der Waals surface area (Å²) in [5.41, 5.74) is 4.41. The average molecular weight is 493 g/mol. The van der Waals surface area contributed by atoms with Gasteiger partial charge in [0, 0.05) is 0 Å². The summed E-state index contributed by atoms with van der Waals surface area (Å²) in [5, 5.41) is 0. The SMILES string of the molecule is Cc1[c-]ccc(CC2CCC(CC3CCC(CC4CCC(C)CC4)CC3)CC2)c1C.[Rb+]. The summed E-state index contributed by atoms with van der Waals surface area (Å²) < 4.78 is 0. The van der Waals surface area contributed by atoms with Crippen LogP contribution in [0.1, 0.15) is 114 Å². The van der Waals surface area contributed by atoms with Gasteiger partial charge in [-0.1, -0.05) is 85.0 Å². The third-order valence-corrected chi connectivity index (χ3v) is 9.54. The van der Waals surface area contributed by atoms with Gasteiger partial charge in [-0.3, -0.25) is 0 Å². The van der Waals surface area contributed by atoms with E-state index < -0.39 is 0 Å². The van der Waals surface area contributed by atoms with E-state index in [1.807, 2.05) is 0 Å². The van der Waals surface area contributed by atoms with E-state index >= 15 is 0 Å². The zero-order chi connectivity index (χ0) is 20.9. The van der Waals surface area contributed by atoms with Gasteiger partial charge in [0.25, 0.3) is 0 Å². The molecule has 1 aromatic carbocycles. The van der Waals surface area contributed by atoms with Crippen molar-refractivity contribution in [1.82, 2.24) is 0 Å². The van der Waals surface area contributed by atoms with Crippen LogP contribution in [-0.2, 0) is 6.42 Å². The van der Waals surface area contributed by atoms with Crippen molar-refractivity contribution in [2.75, 3.05) is 0 Å². The van der Waals surface area contributed by atoms with Crippen LogP contribution in [0.3, 0.4) is 0 Å². The van der Waals surface area contributed by atoms with Gasteiger partial charge in [0.05, 0.1) is 0 Å². The Morgan fingerprint density at radius 3 is 1.58 bits per heavy atom. The molecule has 0 aliphatic heterocycles. The normalized spacial score (nSPS) is 34.2. The van der Waals surface area contributed by atoms with Crippen LogP contribution in [0.25, 0.3) is 0 Å². The topological polar surface area (TPSA) is 0 Å². The number of benzene rings is 1. The molecule has 31 heavy (non-hydrogen) atoms. The molecule has 0 bridgehead atoms. The molecule has 0 heterocycles. The van der Waals surface area contributed by atoms with Gasteiger partial charge in [-0.05, 0) is 67.6 Å². The monoisotopic (exact) mass is 492 g/mol. The Balaban J connectivity index is 0.00000272. The first-order valence-corrected chi connectivity index (χ1v) is 13.5. The van der Waals surface area contributed by atoms with Gasteiger partial charge in [0.1, 0.15) is 0 Å². The minimum atomic E-state index is 0. The molecule has 0 saturated heterocycles. The second kappa shape index (κ2) is 13.2. The molecule has 0 nitrogen and oxygen atoms in total. The minimum Gasteiger partial charge on any atom is -0.180 e. The summed E-state index contributed by atoms with van der Waals surface area (Å²) in [7, 11) is 0. The summed E-state index contributed by atoms with van der Waals surface area (Å²) in [5.74, 6) is 6.18. The number of rotatable bonds is 6. The zero-order valence-corrected chi connectivity index (χ0v) is 26.1. The van der Waals surface area contributed by atoms with Gasteiger partial charge in [-0.25, -0.2) is 0 Å². The van der Waals surface area contributed by atoms with Crippen molar-refractivity contribution >= 4 is 0 Å². The Hall–Kier alpha value is 1.03. The fraction of sp³-hybridized carbons (Fsp3) is 0.800. The standard InChI is InChI=1S/C30H47.Rb/c1-22-7-9-25(10-8-22)19-26-11-13-27(14-12-26)20-28-15-17-29(18-16-28)21-30-6-4-5-23(2)24(30)3;/h4,6,22,25-29H,7-21H2,1-3H3;/q-1;+1. The molecule has 0 unspecified atom stereocenters. The Morgan fingerprint density at radius 1 is 0.677 bits per heavy atom. The predicted molar refractivity (Wildman–Crippen MR) is 130 cm³/mol. The number of aryl methyl sites for hydroxylation is 1. The summed E-state index contributed by atoms with van der Waals surface area (Å²) in [4.78, 5) is 0. The zero-order valence-electron chi connectivity index (χ0n) is 21.2. The van der Waals surface area contributed by atoms with E-state index in [-0.39, 0.29) is 58.2 Å². The van der Waals surface area contributed by atoms with Gasteiger partial charge < -0.3 is 0 Å². The minimum absolute atomic E-state index is 0. The molecular formula is C30H47Rb. The third kappa shape index (κ3) is 8.04. The fourth-order valence-corrected chi connectivity index (χ4v) is 7.16. The van der Waals surface area contributed by atoms with Crippen molar-refractivity contribution in [2.24, 2.45) is 35.5 Å². The van der Waals surface area contributed by atoms with Crippen LogP contribution in [0.15, 0.2) is 12.1 Å². The van der Waals surface area contributed by atoms with Crippen LogP contribution >= 0.6 is 0 Å². The maximum atomic E-state index is 3.36. The summed E-state index contributed by atoms with van der Waals surface area (Å²) in [6, 6.07) is 7.81. The van der Waals surface area contributed by atoms with Crippen LogP contribution in [0.5, 0.6) is 0 Å². The third-order valence-electron chi connectivity index (χ3n) is 9.54. The van der Waals surface area contributed by atoms with Crippen molar-refractivity contribution in [2.45, 2.75) is 117 Å². The molecule has 0 aromatic heterocycles. The Morgan fingerprint density at radius 2 is 1.10 bits per heavy atom. The van der Waals surface area contributed by atoms with E-state index in [9.17, 15) is 0 Å². The second-order valence-electron chi connectivity index (χ2n) is 11.8. The van der Waals surface area contributed by atoms with Gasteiger partial charge in [0.15, 0.2) is 0 Å². The molecule has 0 atom stereocenters. The molecule has 0 radical (unpaired) electrons. The summed E-state index contributed by atoms with van der Waals surface area (Å²) in [6.07, 6.45) is 22.6. The summed E-state index contributed by atoms with van der Waals surface area (Å²) >= 11 is 0. The van der Waals surface area contributed by atoms with Crippen molar-refractivity contribution in [1.29, 1.82) is 0 Å². The maximum absolute atomic E-state index is 3.36. The van der Waals surface area contributed by atoms with E-state index in [1.165, 1.54) is 68.9 Å². The quantitative estimate of drug-likeness (QED) is 0.435. The molecule has 3 saturated carbocycles. The molecule has 3 fully saturated rings. The molecule has 0 spiro atoms. The Bertz CT molecular complexity index is 640. The molecule has 0 N–H and O–H groups in total. The largest absolute Gasteiger partial charge is 1.00 e. The van der Waals surface area contributed by atoms with E-state index in [0.29, 0.717) is 0 Å². The van der Waals surface area contributed by atoms with Crippen molar-refractivity contribution in [3.63, 3.8) is 0 Å². The second-order valence-corrected chi connectivity index (χ2v) is 11.8. The molecule has 168 valence electrons. The van der Waals surface area contributed by atoms with Crippen molar-refractivity contribution < 1.29 is 58.2 Å². The first-order valence-electron chi connectivity index (χ1n) is 13.5. The van der Waals surface area contributed by atoms with Crippen molar-refractivity contribution in [3.8, 4) is 0 Å². The van der Waals surface area contributed by atoms with Gasteiger partial charge in [-0.2, -0.15) is 34.9 Å². The van der Waals surface area contributed by atoms with Crippen LogP contribution in [0.4, 0.5) is 0 Å². The van der Waals surface area contributed by atoms with Crippen molar-refractivity contribution in [3.05, 3.63) is 34.9 Å². The van der Waals surface area contributed by atoms with E-state index in [1.54, 1.807) is 44.1 Å². The van der Waals surface area contributed by atoms with E-state index in [0.717, 1.165) is 35.5 Å². The number of hydrogen-bond acceptors (Lipinski definition) is 0. The Kier molecular flexibility index (Phi) is 11.3. The van der Waals surface area contributed by atoms with Crippen LogP contribution < -0.4 is 58.2 Å². The molecular weight excluding hydrogens is 446 g/mol. The summed E-state index contributed by atoms with van der Waals surface area (Å²) in [6.45, 7) is 6.95. The van der Waals surface area contributed by atoms with Crippen LogP contribution in [0.2, 0.25) is 0 Å². The van der Waals surface area contributed by atoms with Crippen LogP contribution in [0, 0.1) is 55.4 Å². The fourth-order valence-electron chi connectivity index (χ4n) is 7.16. The first kappa shape index (κ1) is 26.6. The Labute approximate surface area is 242 Å². The van der Waals surface area contributed by atoms with E-state index in [4.69, 9.17) is 0 Å². The van der Waals surface area contributed by atoms with Gasteiger partial charge >= 0.3 is 58.2 Å². The molecule has 3 aliphatic carbocycles. The molecule has 1 heteroatoms. The number of hydrogen-bond donors (Lipinski definition) is 0. The molecule has 4 rings (SSSR count). The van der Waals surface area contributed by atoms with Gasteiger partial charge in [0.2, 0.25) is 0 Å². The van der Waals surface area contributed by atoms with E-state index in [2.05, 4.69) is 39.0 Å². The smallest absolute Gasteiger partial charge is 0.180 e. The predicted octanol–water partition coefficient (Wildman–Crippen LogP) is 5.87.